The van der Waals surface area contributed by atoms with Crippen LogP contribution >= 0.6 is 0 Å². The smallest absolute Gasteiger partial charge is 0.272 e. The monoisotopic (exact) mass is 724 g/mol. The van der Waals surface area contributed by atoms with Gasteiger partial charge in [-0.15, -0.1) is 0 Å². The van der Waals surface area contributed by atoms with Gasteiger partial charge in [0.15, 0.2) is 0 Å². The van der Waals surface area contributed by atoms with Crippen molar-refractivity contribution in [1.29, 1.82) is 5.41 Å². The number of nitrogens with zero attached hydrogens (tertiary/aromatic N) is 6. The van der Waals surface area contributed by atoms with E-state index in [-0.39, 0.29) is 41.8 Å². The van der Waals surface area contributed by atoms with Gasteiger partial charge in [0.05, 0.1) is 40.6 Å². The van der Waals surface area contributed by atoms with E-state index in [1.807, 2.05) is 0 Å². The predicted molar refractivity (Wildman–Crippen MR) is 200 cm³/mol. The molecule has 5 rings (SSSR count). The molecule has 0 unspecified atom stereocenters. The van der Waals surface area contributed by atoms with Crippen molar-refractivity contribution in [1.82, 2.24) is 28.2 Å². The van der Waals surface area contributed by atoms with E-state index in [0.717, 1.165) is 6.34 Å². The summed E-state index contributed by atoms with van der Waals surface area (Å²) in [5, 5.41) is 21.0. The Morgan fingerprint density at radius 3 is 1.25 bits per heavy atom. The first-order valence-electron chi connectivity index (χ1n) is 16.1. The van der Waals surface area contributed by atoms with Crippen LogP contribution in [0, 0.1) is 5.41 Å². The molecule has 5 aromatic heterocycles. The summed E-state index contributed by atoms with van der Waals surface area (Å²) in [6.07, 6.45) is 9.36. The summed E-state index contributed by atoms with van der Waals surface area (Å²) in [6.45, 7) is 0.207. The highest BCUT2D eigenvalue weighted by molar-refractivity contribution is 6.09. The second-order valence-electron chi connectivity index (χ2n) is 12.2. The maximum Gasteiger partial charge on any atom is 0.272 e. The summed E-state index contributed by atoms with van der Waals surface area (Å²) in [5.74, 6) is -2.25. The SMILES string of the molecule is Cn1cc(NC(=O)c2cc(NC(=O)c3cc(NC(=O)c4cc(NC(=O)c5cc(N=CN)cn5C)cn4C)cn3C)cn2C)cc1C(=O)NCCC(=N)N. The minimum absolute atomic E-state index is 0.0390. The van der Waals surface area contributed by atoms with Gasteiger partial charge in [-0.1, -0.05) is 0 Å². The van der Waals surface area contributed by atoms with Crippen molar-refractivity contribution >= 4 is 70.1 Å². The average Bonchev–Trinajstić information content (AvgIpc) is 3.89. The van der Waals surface area contributed by atoms with Gasteiger partial charge in [0.1, 0.15) is 28.5 Å². The van der Waals surface area contributed by atoms with E-state index in [1.165, 1.54) is 24.3 Å². The fourth-order valence-electron chi connectivity index (χ4n) is 5.55. The number of rotatable bonds is 13. The van der Waals surface area contributed by atoms with Crippen molar-refractivity contribution in [3.63, 3.8) is 0 Å². The van der Waals surface area contributed by atoms with Crippen molar-refractivity contribution in [2.24, 2.45) is 51.7 Å². The van der Waals surface area contributed by atoms with Crippen LogP contribution in [0.25, 0.3) is 0 Å². The number of carbonyl (C=O) groups excluding carboxylic acids is 5. The van der Waals surface area contributed by atoms with Gasteiger partial charge in [0.2, 0.25) is 0 Å². The number of amides is 5. The second-order valence-corrected chi connectivity index (χ2v) is 12.2. The molecule has 0 aliphatic rings. The van der Waals surface area contributed by atoms with E-state index < -0.39 is 23.6 Å². The van der Waals surface area contributed by atoms with Crippen LogP contribution in [0.1, 0.15) is 58.9 Å². The zero-order valence-corrected chi connectivity index (χ0v) is 29.6. The molecule has 53 heavy (non-hydrogen) atoms. The van der Waals surface area contributed by atoms with Crippen LogP contribution in [0.3, 0.4) is 0 Å². The van der Waals surface area contributed by atoms with Crippen molar-refractivity contribution in [3.05, 3.63) is 89.8 Å². The minimum atomic E-state index is -0.487. The molecule has 0 bridgehead atoms. The molecule has 5 amide bonds. The van der Waals surface area contributed by atoms with Crippen molar-refractivity contribution in [2.75, 3.05) is 27.8 Å². The highest BCUT2D eigenvalue weighted by Crippen LogP contribution is 2.22. The topological polar surface area (TPSA) is 258 Å². The summed E-state index contributed by atoms with van der Waals surface area (Å²) >= 11 is 0. The number of aryl methyl sites for hydroxylation is 5. The number of anilines is 4. The summed E-state index contributed by atoms with van der Waals surface area (Å²) < 4.78 is 7.82. The first-order valence-corrected chi connectivity index (χ1v) is 16.1. The number of nitrogens with one attached hydrogen (secondary N) is 6. The molecule has 5 aromatic rings. The predicted octanol–water partition coefficient (Wildman–Crippen LogP) is 2.06. The Hall–Kier alpha value is -7.31. The number of amidine groups is 1. The first kappa shape index (κ1) is 37.0. The molecule has 0 radical (unpaired) electrons. The number of aliphatic imine (C=N–C) groups is 1. The molecule has 0 fully saturated rings. The molecule has 276 valence electrons. The lowest BCUT2D eigenvalue weighted by Crippen LogP contribution is -2.28. The molecule has 19 heteroatoms. The van der Waals surface area contributed by atoms with Gasteiger partial charge in [-0.2, -0.15) is 0 Å². The average molecular weight is 725 g/mol. The maximum absolute atomic E-state index is 13.3. The fraction of sp³-hybridized carbons (Fsp3) is 0.206. The molecule has 0 spiro atoms. The maximum atomic E-state index is 13.3. The van der Waals surface area contributed by atoms with E-state index in [9.17, 15) is 24.0 Å². The highest BCUT2D eigenvalue weighted by atomic mass is 16.2. The molecular formula is C34H40N14O5. The van der Waals surface area contributed by atoms with E-state index in [0.29, 0.717) is 39.8 Å². The Kier molecular flexibility index (Phi) is 10.7. The van der Waals surface area contributed by atoms with Gasteiger partial charge in [-0.3, -0.25) is 29.4 Å². The van der Waals surface area contributed by atoms with Crippen LogP contribution in [-0.2, 0) is 35.2 Å². The van der Waals surface area contributed by atoms with Crippen LogP contribution in [0.4, 0.5) is 28.4 Å². The van der Waals surface area contributed by atoms with E-state index in [1.54, 1.807) is 95.1 Å². The Bertz CT molecular complexity index is 2280. The third kappa shape index (κ3) is 8.53. The Balaban J connectivity index is 1.19. The molecule has 0 aliphatic heterocycles. The number of nitrogens with two attached hydrogens (primary N) is 2. The van der Waals surface area contributed by atoms with Gasteiger partial charge in [-0.05, 0) is 30.3 Å². The molecule has 10 N–H and O–H groups in total. The molecule has 0 saturated carbocycles. The lowest BCUT2D eigenvalue weighted by Gasteiger charge is -2.04. The highest BCUT2D eigenvalue weighted by Gasteiger charge is 2.21. The van der Waals surface area contributed by atoms with Crippen LogP contribution in [0.2, 0.25) is 0 Å². The Morgan fingerprint density at radius 1 is 0.585 bits per heavy atom. The van der Waals surface area contributed by atoms with Gasteiger partial charge >= 0.3 is 0 Å². The number of carbonyl (C=O) groups is 5. The molecular weight excluding hydrogens is 684 g/mol. The normalized spacial score (nSPS) is 11.0. The minimum Gasteiger partial charge on any atom is -0.390 e. The zero-order valence-electron chi connectivity index (χ0n) is 29.6. The number of hydrogen-bond donors (Lipinski definition) is 8. The molecule has 0 saturated heterocycles. The fourth-order valence-corrected chi connectivity index (χ4v) is 5.55. The Morgan fingerprint density at radius 2 is 0.906 bits per heavy atom. The molecule has 19 nitrogen and oxygen atoms in total. The molecule has 0 aliphatic carbocycles. The third-order valence-corrected chi connectivity index (χ3v) is 8.11. The summed E-state index contributed by atoms with van der Waals surface area (Å²) in [7, 11) is 8.32. The standard InChI is InChI=1S/C34H40N14O5/c1-44-13-19(39-18-35)8-25(44)31(50)41-21-10-27(46(3)15-21)33(52)43-23-12-28(48(5)17-23)34(53)42-22-11-26(47(4)16-22)32(51)40-20-9-24(45(2)14-20)30(49)38-7-6-29(36)37/h8-18H,6-7H2,1-5H3,(H2,35,39)(H3,36,37)(H,38,49)(H,40,51)(H,41,50)(H,42,53)(H,43,52). The van der Waals surface area contributed by atoms with Crippen LogP contribution in [0.5, 0.6) is 0 Å². The van der Waals surface area contributed by atoms with Gasteiger partial charge < -0.3 is 60.9 Å². The second kappa shape index (κ2) is 15.3. The number of aromatic nitrogens is 5. The van der Waals surface area contributed by atoms with Gasteiger partial charge in [0.25, 0.3) is 29.5 Å². The van der Waals surface area contributed by atoms with Crippen LogP contribution < -0.4 is 38.1 Å². The van der Waals surface area contributed by atoms with Crippen molar-refractivity contribution in [2.45, 2.75) is 6.42 Å². The van der Waals surface area contributed by atoms with E-state index in [2.05, 4.69) is 31.6 Å². The van der Waals surface area contributed by atoms with Crippen LogP contribution in [0.15, 0.2) is 66.3 Å². The molecule has 0 aromatic carbocycles. The van der Waals surface area contributed by atoms with E-state index in [4.69, 9.17) is 16.9 Å². The first-order chi connectivity index (χ1) is 25.1. The van der Waals surface area contributed by atoms with E-state index >= 15 is 0 Å². The number of hydrogen-bond acceptors (Lipinski definition) is 7. The third-order valence-electron chi connectivity index (χ3n) is 8.11. The summed E-state index contributed by atoms with van der Waals surface area (Å²) in [4.78, 5) is 68.9. The van der Waals surface area contributed by atoms with Gasteiger partial charge in [-0.25, -0.2) is 4.99 Å². The van der Waals surface area contributed by atoms with Crippen LogP contribution in [-0.4, -0.2) is 71.1 Å². The zero-order chi connectivity index (χ0) is 38.6. The van der Waals surface area contributed by atoms with Gasteiger partial charge in [0, 0.05) is 79.2 Å². The largest absolute Gasteiger partial charge is 0.390 e. The molecule has 0 atom stereocenters. The summed E-state index contributed by atoms with van der Waals surface area (Å²) in [6, 6.07) is 7.65. The lowest BCUT2D eigenvalue weighted by molar-refractivity contribution is 0.0943. The lowest BCUT2D eigenvalue weighted by atomic mass is 10.3. The summed E-state index contributed by atoms with van der Waals surface area (Å²) in [5.41, 5.74) is 14.1. The molecule has 5 heterocycles. The quantitative estimate of drug-likeness (QED) is 0.0662. The Labute approximate surface area is 303 Å². The van der Waals surface area contributed by atoms with Crippen molar-refractivity contribution < 1.29 is 24.0 Å². The van der Waals surface area contributed by atoms with Crippen molar-refractivity contribution in [3.8, 4) is 0 Å².